The number of nitrogens with zero attached hydrogens (tertiary/aromatic N) is 1. The van der Waals surface area contributed by atoms with Gasteiger partial charge in [0.2, 0.25) is 0 Å². The maximum atomic E-state index is 12.3. The van der Waals surface area contributed by atoms with Crippen LogP contribution in [0.2, 0.25) is 0 Å². The van der Waals surface area contributed by atoms with Gasteiger partial charge in [-0.2, -0.15) is 11.8 Å². The van der Waals surface area contributed by atoms with Crippen molar-refractivity contribution in [3.8, 4) is 5.75 Å². The second-order valence-corrected chi connectivity index (χ2v) is 6.81. The number of H-pyrrole nitrogens is 1. The predicted molar refractivity (Wildman–Crippen MR) is 92.2 cm³/mol. The summed E-state index contributed by atoms with van der Waals surface area (Å²) in [7, 11) is 1.67. The molecule has 2 heterocycles. The van der Waals surface area contributed by atoms with Gasteiger partial charge in [0.05, 0.1) is 12.9 Å². The van der Waals surface area contributed by atoms with E-state index in [9.17, 15) is 4.79 Å². The minimum atomic E-state index is -0.0885. The lowest BCUT2D eigenvalue weighted by molar-refractivity contribution is 0.0950. The molecule has 2 aromatic rings. The number of fused-ring (bicyclic) bond motifs is 1. The molecular formula is C17H21N3O2S. The highest BCUT2D eigenvalue weighted by Gasteiger charge is 2.26. The van der Waals surface area contributed by atoms with Gasteiger partial charge in [0.25, 0.3) is 5.91 Å². The molecule has 0 radical (unpaired) electrons. The molecule has 0 fully saturated rings. The summed E-state index contributed by atoms with van der Waals surface area (Å²) in [5, 5.41) is 2.99. The van der Waals surface area contributed by atoms with Crippen molar-refractivity contribution in [2.75, 3.05) is 19.4 Å². The van der Waals surface area contributed by atoms with E-state index in [1.807, 2.05) is 18.2 Å². The Labute approximate surface area is 140 Å². The number of rotatable bonds is 5. The number of carbonyl (C=O) groups excluding carboxylic acids is 1. The Kier molecular flexibility index (Phi) is 4.91. The number of nitrogens with one attached hydrogen (secondary N) is 2. The standard InChI is InChI=1S/C17H21N3O2S/c1-3-23-10-15-19-14-8-12(9-18-17(21)16(14)20-15)11-5-4-6-13(7-11)22-2/h4-7,12H,3,8-10H2,1-2H3,(H,18,21)(H,19,20)/t12-/m0/s1. The average Bonchev–Trinajstić information content (AvgIpc) is 2.92. The fourth-order valence-electron chi connectivity index (χ4n) is 2.82. The van der Waals surface area contributed by atoms with E-state index in [-0.39, 0.29) is 11.8 Å². The first-order valence-electron chi connectivity index (χ1n) is 7.79. The third-order valence-electron chi connectivity index (χ3n) is 4.01. The number of imidazole rings is 1. The summed E-state index contributed by atoms with van der Waals surface area (Å²) >= 11 is 1.79. The molecule has 1 aromatic carbocycles. The Morgan fingerprint density at radius 1 is 1.43 bits per heavy atom. The number of thioether (sulfide) groups is 1. The highest BCUT2D eigenvalue weighted by Crippen LogP contribution is 2.27. The van der Waals surface area contributed by atoms with Crippen molar-refractivity contribution in [3.05, 3.63) is 47.0 Å². The van der Waals surface area contributed by atoms with Crippen LogP contribution >= 0.6 is 11.8 Å². The Balaban J connectivity index is 1.86. The Bertz CT molecular complexity index is 699. The van der Waals surface area contributed by atoms with E-state index in [1.165, 1.54) is 0 Å². The number of ether oxygens (including phenoxy) is 1. The molecule has 0 aliphatic carbocycles. The zero-order valence-corrected chi connectivity index (χ0v) is 14.2. The van der Waals surface area contributed by atoms with Crippen LogP contribution < -0.4 is 10.1 Å². The normalized spacial score (nSPS) is 17.3. The maximum Gasteiger partial charge on any atom is 0.271 e. The molecular weight excluding hydrogens is 310 g/mol. The van der Waals surface area contributed by atoms with Crippen LogP contribution in [-0.4, -0.2) is 35.3 Å². The van der Waals surface area contributed by atoms with E-state index in [2.05, 4.69) is 28.3 Å². The van der Waals surface area contributed by atoms with Crippen molar-refractivity contribution >= 4 is 17.7 Å². The number of carbonyl (C=O) groups is 1. The van der Waals surface area contributed by atoms with Crippen LogP contribution in [0.25, 0.3) is 0 Å². The van der Waals surface area contributed by atoms with E-state index >= 15 is 0 Å². The van der Waals surface area contributed by atoms with E-state index in [4.69, 9.17) is 4.74 Å². The van der Waals surface area contributed by atoms with Gasteiger partial charge in [-0.05, 0) is 29.9 Å². The van der Waals surface area contributed by atoms with Crippen LogP contribution in [0, 0.1) is 0 Å². The third-order valence-corrected chi connectivity index (χ3v) is 4.90. The highest BCUT2D eigenvalue weighted by atomic mass is 32.2. The van der Waals surface area contributed by atoms with E-state index in [0.29, 0.717) is 12.2 Å². The number of hydrogen-bond donors (Lipinski definition) is 2. The van der Waals surface area contributed by atoms with E-state index < -0.39 is 0 Å². The van der Waals surface area contributed by atoms with Gasteiger partial charge < -0.3 is 15.0 Å². The van der Waals surface area contributed by atoms with Crippen LogP contribution in [0.15, 0.2) is 24.3 Å². The third kappa shape index (κ3) is 3.52. The molecule has 23 heavy (non-hydrogen) atoms. The molecule has 6 heteroatoms. The minimum absolute atomic E-state index is 0.0885. The molecule has 1 amide bonds. The molecule has 0 unspecified atom stereocenters. The van der Waals surface area contributed by atoms with Gasteiger partial charge in [-0.3, -0.25) is 4.79 Å². The van der Waals surface area contributed by atoms with Crippen LogP contribution in [-0.2, 0) is 12.2 Å². The first kappa shape index (κ1) is 15.9. The predicted octanol–water partition coefficient (Wildman–Crippen LogP) is 2.74. The molecule has 1 atom stereocenters. The Hall–Kier alpha value is -1.95. The van der Waals surface area contributed by atoms with Gasteiger partial charge in [0.1, 0.15) is 17.3 Å². The topological polar surface area (TPSA) is 67.0 Å². The van der Waals surface area contributed by atoms with Gasteiger partial charge in [-0.15, -0.1) is 0 Å². The number of benzene rings is 1. The quantitative estimate of drug-likeness (QED) is 0.884. The summed E-state index contributed by atoms with van der Waals surface area (Å²) in [5.41, 5.74) is 2.64. The molecule has 1 aliphatic rings. The van der Waals surface area contributed by atoms with Crippen molar-refractivity contribution in [1.82, 2.24) is 15.3 Å². The Morgan fingerprint density at radius 2 is 2.30 bits per heavy atom. The number of aromatic nitrogens is 2. The van der Waals surface area contributed by atoms with Gasteiger partial charge in [-0.25, -0.2) is 4.98 Å². The number of hydrogen-bond acceptors (Lipinski definition) is 4. The molecule has 0 spiro atoms. The molecule has 3 rings (SSSR count). The molecule has 0 bridgehead atoms. The van der Waals surface area contributed by atoms with Crippen LogP contribution in [0.4, 0.5) is 0 Å². The first-order chi connectivity index (χ1) is 11.2. The summed E-state index contributed by atoms with van der Waals surface area (Å²) in [6.07, 6.45) is 0.769. The first-order valence-corrected chi connectivity index (χ1v) is 8.94. The monoisotopic (exact) mass is 331 g/mol. The lowest BCUT2D eigenvalue weighted by Gasteiger charge is -2.15. The summed E-state index contributed by atoms with van der Waals surface area (Å²) in [5.74, 6) is 3.67. The largest absolute Gasteiger partial charge is 0.497 e. The number of amides is 1. The van der Waals surface area contributed by atoms with E-state index in [1.54, 1.807) is 18.9 Å². The van der Waals surface area contributed by atoms with Crippen LogP contribution in [0.1, 0.15) is 40.4 Å². The maximum absolute atomic E-state index is 12.3. The fourth-order valence-corrected chi connectivity index (χ4v) is 3.35. The highest BCUT2D eigenvalue weighted by molar-refractivity contribution is 7.98. The van der Waals surface area contributed by atoms with Crippen molar-refractivity contribution in [3.63, 3.8) is 0 Å². The van der Waals surface area contributed by atoms with Gasteiger partial charge in [0.15, 0.2) is 0 Å². The second kappa shape index (κ2) is 7.08. The minimum Gasteiger partial charge on any atom is -0.497 e. The van der Waals surface area contributed by atoms with Gasteiger partial charge >= 0.3 is 0 Å². The molecule has 5 nitrogen and oxygen atoms in total. The van der Waals surface area contributed by atoms with Gasteiger partial charge in [-0.1, -0.05) is 19.1 Å². The van der Waals surface area contributed by atoms with E-state index in [0.717, 1.165) is 40.8 Å². The smallest absolute Gasteiger partial charge is 0.271 e. The van der Waals surface area contributed by atoms with Gasteiger partial charge in [0, 0.05) is 18.2 Å². The second-order valence-electron chi connectivity index (χ2n) is 5.54. The molecule has 2 N–H and O–H groups in total. The summed E-state index contributed by atoms with van der Waals surface area (Å²) < 4.78 is 5.31. The summed E-state index contributed by atoms with van der Waals surface area (Å²) in [6, 6.07) is 8.03. The number of methoxy groups -OCH3 is 1. The fraction of sp³-hybridized carbons (Fsp3) is 0.412. The lowest BCUT2D eigenvalue weighted by atomic mass is 9.94. The molecule has 0 saturated heterocycles. The van der Waals surface area contributed by atoms with Crippen molar-refractivity contribution in [2.24, 2.45) is 0 Å². The van der Waals surface area contributed by atoms with Crippen molar-refractivity contribution in [2.45, 2.75) is 25.0 Å². The summed E-state index contributed by atoms with van der Waals surface area (Å²) in [6.45, 7) is 2.72. The number of aromatic amines is 1. The van der Waals surface area contributed by atoms with Crippen molar-refractivity contribution < 1.29 is 9.53 Å². The molecule has 1 aliphatic heterocycles. The van der Waals surface area contributed by atoms with Crippen LogP contribution in [0.5, 0.6) is 5.75 Å². The summed E-state index contributed by atoms with van der Waals surface area (Å²) in [4.78, 5) is 20.1. The zero-order valence-electron chi connectivity index (χ0n) is 13.4. The lowest BCUT2D eigenvalue weighted by Crippen LogP contribution is -2.26. The SMILES string of the molecule is CCSCc1nc2c([nH]1)C[C@H](c1cccc(OC)c1)CNC2=O. The molecule has 1 aromatic heterocycles. The Morgan fingerprint density at radius 3 is 3.09 bits per heavy atom. The molecule has 122 valence electrons. The van der Waals surface area contributed by atoms with Crippen LogP contribution in [0.3, 0.4) is 0 Å². The average molecular weight is 331 g/mol. The zero-order chi connectivity index (χ0) is 16.2. The van der Waals surface area contributed by atoms with Crippen molar-refractivity contribution in [1.29, 1.82) is 0 Å². The molecule has 0 saturated carbocycles.